The van der Waals surface area contributed by atoms with Crippen molar-refractivity contribution in [2.45, 2.75) is 24.7 Å². The lowest BCUT2D eigenvalue weighted by molar-refractivity contribution is -0.137. The Bertz CT molecular complexity index is 758. The Labute approximate surface area is 173 Å². The number of carbonyl (C=O) groups is 1. The molecule has 1 unspecified atom stereocenters. The third-order valence-electron chi connectivity index (χ3n) is 4.10. The molecule has 160 valence electrons. The van der Waals surface area contributed by atoms with Gasteiger partial charge in [-0.25, -0.2) is 0 Å². The molecule has 1 amide bonds. The highest BCUT2D eigenvalue weighted by atomic mass is 35.5. The average molecular weight is 433 g/mol. The fourth-order valence-electron chi connectivity index (χ4n) is 2.63. The van der Waals surface area contributed by atoms with Crippen LogP contribution in [0.25, 0.3) is 0 Å². The number of ether oxygens (including phenoxy) is 1. The Hall–Kier alpha value is -2.29. The summed E-state index contributed by atoms with van der Waals surface area (Å²) >= 11 is 0. The average Bonchev–Trinajstić information content (AvgIpc) is 2.66. The Balaban J connectivity index is 0.00000420. The van der Waals surface area contributed by atoms with Gasteiger partial charge in [0.25, 0.3) is 0 Å². The summed E-state index contributed by atoms with van der Waals surface area (Å²) < 4.78 is 42.9. The Kier molecular flexibility index (Phi) is 9.42. The van der Waals surface area contributed by atoms with Crippen LogP contribution >= 0.6 is 12.4 Å². The van der Waals surface area contributed by atoms with E-state index in [1.807, 2.05) is 30.3 Å². The van der Waals surface area contributed by atoms with Crippen LogP contribution in [0.2, 0.25) is 0 Å². The summed E-state index contributed by atoms with van der Waals surface area (Å²) in [5.74, 6) is -0.126. The van der Waals surface area contributed by atoms with Crippen molar-refractivity contribution < 1.29 is 27.8 Å². The quantitative estimate of drug-likeness (QED) is 0.672. The van der Waals surface area contributed by atoms with Crippen LogP contribution < -0.4 is 10.5 Å². The molecule has 3 N–H and O–H groups in total. The minimum atomic E-state index is -4.42. The van der Waals surface area contributed by atoms with Crippen molar-refractivity contribution >= 4 is 18.3 Å². The molecule has 0 heterocycles. The zero-order valence-corrected chi connectivity index (χ0v) is 16.6. The predicted molar refractivity (Wildman–Crippen MR) is 106 cm³/mol. The number of nitrogens with two attached hydrogens (primary N) is 1. The lowest BCUT2D eigenvalue weighted by atomic mass is 10.1. The number of aliphatic hydroxyl groups is 1. The number of hydrogen-bond acceptors (Lipinski definition) is 4. The molecule has 0 aromatic heterocycles. The van der Waals surface area contributed by atoms with Gasteiger partial charge in [0.1, 0.15) is 18.5 Å². The van der Waals surface area contributed by atoms with Crippen molar-refractivity contribution in [3.05, 3.63) is 65.7 Å². The molecule has 0 saturated heterocycles. The summed E-state index contributed by atoms with van der Waals surface area (Å²) in [6, 6.07) is 12.8. The largest absolute Gasteiger partial charge is 0.491 e. The van der Waals surface area contributed by atoms with E-state index in [1.165, 1.54) is 24.1 Å². The summed E-state index contributed by atoms with van der Waals surface area (Å²) in [5.41, 5.74) is 6.10. The molecule has 0 bridgehead atoms. The maximum Gasteiger partial charge on any atom is 0.416 e. The number of benzene rings is 2. The van der Waals surface area contributed by atoms with E-state index in [9.17, 15) is 23.1 Å². The predicted octanol–water partition coefficient (Wildman–Crippen LogP) is 2.90. The number of amides is 1. The SMILES string of the molecule is CN(CC(O)COc1ccc(C(F)(F)F)cc1)C(=O)[C@@H](N)Cc1ccccc1.Cl. The van der Waals surface area contributed by atoms with Crippen molar-refractivity contribution in [1.29, 1.82) is 0 Å². The second-order valence-electron chi connectivity index (χ2n) is 6.50. The van der Waals surface area contributed by atoms with Crippen LogP contribution in [0.15, 0.2) is 54.6 Å². The Morgan fingerprint density at radius 1 is 1.14 bits per heavy atom. The maximum absolute atomic E-state index is 12.5. The number of rotatable bonds is 8. The summed E-state index contributed by atoms with van der Waals surface area (Å²) in [7, 11) is 1.52. The van der Waals surface area contributed by atoms with Gasteiger partial charge in [0.15, 0.2) is 0 Å². The number of hydrogen-bond donors (Lipinski definition) is 2. The van der Waals surface area contributed by atoms with Crippen LogP contribution in [0.3, 0.4) is 0 Å². The fraction of sp³-hybridized carbons (Fsp3) is 0.350. The minimum absolute atomic E-state index is 0. The Morgan fingerprint density at radius 2 is 1.72 bits per heavy atom. The van der Waals surface area contributed by atoms with E-state index < -0.39 is 23.9 Å². The van der Waals surface area contributed by atoms with Gasteiger partial charge in [-0.1, -0.05) is 30.3 Å². The summed E-state index contributed by atoms with van der Waals surface area (Å²) in [4.78, 5) is 13.6. The van der Waals surface area contributed by atoms with Crippen LogP contribution in [0.5, 0.6) is 5.75 Å². The number of aliphatic hydroxyl groups excluding tert-OH is 1. The standard InChI is InChI=1S/C20H23F3N2O3.ClH/c1-25(19(27)18(24)11-14-5-3-2-4-6-14)12-16(26)13-28-17-9-7-15(8-10-17)20(21,22)23;/h2-10,16,18,26H,11-13,24H2,1H3;1H/t16?,18-;/m0./s1. The highest BCUT2D eigenvalue weighted by Crippen LogP contribution is 2.30. The Morgan fingerprint density at radius 3 is 2.28 bits per heavy atom. The van der Waals surface area contributed by atoms with Crippen molar-refractivity contribution in [3.63, 3.8) is 0 Å². The third-order valence-corrected chi connectivity index (χ3v) is 4.10. The number of likely N-dealkylation sites (N-methyl/N-ethyl adjacent to an activating group) is 1. The molecule has 2 aromatic rings. The maximum atomic E-state index is 12.5. The first-order valence-electron chi connectivity index (χ1n) is 8.69. The van der Waals surface area contributed by atoms with Gasteiger partial charge in [-0.15, -0.1) is 12.4 Å². The highest BCUT2D eigenvalue weighted by molar-refractivity contribution is 5.85. The molecule has 0 aliphatic rings. The van der Waals surface area contributed by atoms with Crippen molar-refractivity contribution in [2.24, 2.45) is 5.73 Å². The smallest absolute Gasteiger partial charge is 0.416 e. The molecule has 0 fully saturated rings. The number of nitrogens with zero attached hydrogens (tertiary/aromatic N) is 1. The normalized spacial score (nSPS) is 13.2. The van der Waals surface area contributed by atoms with Crippen LogP contribution in [0.4, 0.5) is 13.2 Å². The summed E-state index contributed by atoms with van der Waals surface area (Å²) in [6.45, 7) is -0.182. The van der Waals surface area contributed by atoms with E-state index in [4.69, 9.17) is 10.5 Å². The first-order valence-corrected chi connectivity index (χ1v) is 8.69. The van der Waals surface area contributed by atoms with Gasteiger partial charge in [0.05, 0.1) is 11.6 Å². The van der Waals surface area contributed by atoms with Crippen molar-refractivity contribution in [1.82, 2.24) is 4.90 Å². The second kappa shape index (κ2) is 11.0. The van der Waals surface area contributed by atoms with Crippen LogP contribution in [0, 0.1) is 0 Å². The monoisotopic (exact) mass is 432 g/mol. The van der Waals surface area contributed by atoms with Crippen LogP contribution in [-0.2, 0) is 17.4 Å². The molecule has 0 saturated carbocycles. The minimum Gasteiger partial charge on any atom is -0.491 e. The number of halogens is 4. The molecule has 2 rings (SSSR count). The molecule has 0 aliphatic heterocycles. The number of carbonyl (C=O) groups excluding carboxylic acids is 1. The van der Waals surface area contributed by atoms with Gasteiger partial charge in [-0.2, -0.15) is 13.2 Å². The second-order valence-corrected chi connectivity index (χ2v) is 6.50. The van der Waals surface area contributed by atoms with Gasteiger partial charge < -0.3 is 20.5 Å². The molecular formula is C20H24ClF3N2O3. The van der Waals surface area contributed by atoms with Gasteiger partial charge >= 0.3 is 6.18 Å². The van der Waals surface area contributed by atoms with Crippen LogP contribution in [-0.4, -0.2) is 48.3 Å². The van der Waals surface area contributed by atoms with E-state index in [1.54, 1.807) is 0 Å². The lowest BCUT2D eigenvalue weighted by Gasteiger charge is -2.24. The van der Waals surface area contributed by atoms with E-state index in [0.717, 1.165) is 17.7 Å². The zero-order chi connectivity index (χ0) is 20.7. The summed E-state index contributed by atoms with van der Waals surface area (Å²) in [5, 5.41) is 10.0. The zero-order valence-electron chi connectivity index (χ0n) is 15.8. The molecular weight excluding hydrogens is 409 g/mol. The molecule has 2 atom stereocenters. The topological polar surface area (TPSA) is 75.8 Å². The first-order chi connectivity index (χ1) is 13.2. The first kappa shape index (κ1) is 24.7. The van der Waals surface area contributed by atoms with E-state index in [0.29, 0.717) is 6.42 Å². The molecule has 0 spiro atoms. The number of alkyl halides is 3. The van der Waals surface area contributed by atoms with Gasteiger partial charge in [-0.05, 0) is 36.2 Å². The van der Waals surface area contributed by atoms with Crippen LogP contribution in [0.1, 0.15) is 11.1 Å². The molecule has 5 nitrogen and oxygen atoms in total. The van der Waals surface area contributed by atoms with E-state index in [2.05, 4.69) is 0 Å². The third kappa shape index (κ3) is 7.92. The van der Waals surface area contributed by atoms with Gasteiger partial charge in [0, 0.05) is 13.6 Å². The molecule has 2 aromatic carbocycles. The van der Waals surface area contributed by atoms with Crippen molar-refractivity contribution in [2.75, 3.05) is 20.2 Å². The van der Waals surface area contributed by atoms with E-state index in [-0.39, 0.29) is 37.2 Å². The molecule has 29 heavy (non-hydrogen) atoms. The van der Waals surface area contributed by atoms with Gasteiger partial charge in [-0.3, -0.25) is 4.79 Å². The molecule has 0 aliphatic carbocycles. The highest BCUT2D eigenvalue weighted by Gasteiger charge is 2.30. The molecule has 9 heteroatoms. The fourth-order valence-corrected chi connectivity index (χ4v) is 2.63. The molecule has 0 radical (unpaired) electrons. The van der Waals surface area contributed by atoms with Crippen molar-refractivity contribution in [3.8, 4) is 5.75 Å². The van der Waals surface area contributed by atoms with Gasteiger partial charge in [0.2, 0.25) is 5.91 Å². The van der Waals surface area contributed by atoms with E-state index >= 15 is 0 Å². The lowest BCUT2D eigenvalue weighted by Crippen LogP contribution is -2.46. The summed E-state index contributed by atoms with van der Waals surface area (Å²) in [6.07, 6.45) is -5.05.